The van der Waals surface area contributed by atoms with Crippen LogP contribution in [0, 0.1) is 6.92 Å². The van der Waals surface area contributed by atoms with Crippen LogP contribution in [0.4, 0.5) is 11.5 Å². The summed E-state index contributed by atoms with van der Waals surface area (Å²) in [5, 5.41) is 3.36. The molecule has 0 saturated heterocycles. The Morgan fingerprint density at radius 1 is 1.17 bits per heavy atom. The molecule has 3 rings (SSSR count). The number of anilines is 2. The standard InChI is InChI=1S/C12H10ClN5/c1-7-2-4-8(5-3-7)16-11-9-10(15-6-14-9)17-12(13)18-11/h2-6H,1H3,(H2,14,15,16,17,18). The minimum Gasteiger partial charge on any atom is -0.340 e. The lowest BCUT2D eigenvalue weighted by Crippen LogP contribution is -1.97. The van der Waals surface area contributed by atoms with Gasteiger partial charge in [-0.1, -0.05) is 17.7 Å². The summed E-state index contributed by atoms with van der Waals surface area (Å²) in [7, 11) is 0. The van der Waals surface area contributed by atoms with E-state index in [4.69, 9.17) is 11.6 Å². The van der Waals surface area contributed by atoms with E-state index in [-0.39, 0.29) is 5.28 Å². The predicted octanol–water partition coefficient (Wildman–Crippen LogP) is 3.06. The number of imidazole rings is 1. The molecule has 3 aromatic rings. The molecule has 0 radical (unpaired) electrons. The van der Waals surface area contributed by atoms with E-state index in [0.29, 0.717) is 11.5 Å². The molecule has 0 spiro atoms. The number of rotatable bonds is 2. The topological polar surface area (TPSA) is 66.5 Å². The summed E-state index contributed by atoms with van der Waals surface area (Å²) in [6.07, 6.45) is 1.57. The number of aryl methyl sites for hydroxylation is 1. The van der Waals surface area contributed by atoms with Crippen molar-refractivity contribution in [2.75, 3.05) is 5.32 Å². The molecule has 0 unspecified atom stereocenters. The molecular formula is C12H10ClN5. The molecule has 0 atom stereocenters. The van der Waals surface area contributed by atoms with Crippen molar-refractivity contribution in [1.82, 2.24) is 19.9 Å². The lowest BCUT2D eigenvalue weighted by atomic mass is 10.2. The Balaban J connectivity index is 2.03. The van der Waals surface area contributed by atoms with E-state index >= 15 is 0 Å². The second-order valence-electron chi connectivity index (χ2n) is 3.93. The molecule has 2 heterocycles. The Bertz CT molecular complexity index is 689. The third-order valence-corrected chi connectivity index (χ3v) is 2.74. The highest BCUT2D eigenvalue weighted by Crippen LogP contribution is 2.22. The van der Waals surface area contributed by atoms with Crippen LogP contribution in [-0.2, 0) is 0 Å². The molecule has 5 nitrogen and oxygen atoms in total. The van der Waals surface area contributed by atoms with Crippen LogP contribution in [0.1, 0.15) is 5.56 Å². The summed E-state index contributed by atoms with van der Waals surface area (Å²) in [6, 6.07) is 8.01. The molecule has 0 aliphatic rings. The number of nitrogens with zero attached hydrogens (tertiary/aromatic N) is 3. The van der Waals surface area contributed by atoms with E-state index in [2.05, 4.69) is 25.3 Å². The second-order valence-corrected chi connectivity index (χ2v) is 4.27. The van der Waals surface area contributed by atoms with Crippen molar-refractivity contribution < 1.29 is 0 Å². The average Bonchev–Trinajstić information content (AvgIpc) is 2.80. The van der Waals surface area contributed by atoms with Crippen LogP contribution in [-0.4, -0.2) is 19.9 Å². The van der Waals surface area contributed by atoms with Crippen molar-refractivity contribution in [3.8, 4) is 0 Å². The van der Waals surface area contributed by atoms with Crippen molar-refractivity contribution in [2.24, 2.45) is 0 Å². The first-order valence-corrected chi connectivity index (χ1v) is 5.80. The molecule has 6 heteroatoms. The molecule has 0 fully saturated rings. The SMILES string of the molecule is Cc1ccc(Nc2nc(Cl)nc3nc[nH]c23)cc1. The van der Waals surface area contributed by atoms with Crippen LogP contribution in [0.15, 0.2) is 30.6 Å². The predicted molar refractivity (Wildman–Crippen MR) is 71.2 cm³/mol. The fourth-order valence-electron chi connectivity index (χ4n) is 1.67. The molecule has 0 aliphatic carbocycles. The van der Waals surface area contributed by atoms with Gasteiger partial charge in [-0.15, -0.1) is 0 Å². The smallest absolute Gasteiger partial charge is 0.226 e. The van der Waals surface area contributed by atoms with Crippen molar-refractivity contribution in [3.05, 3.63) is 41.4 Å². The second kappa shape index (κ2) is 4.27. The molecule has 0 bridgehead atoms. The van der Waals surface area contributed by atoms with Gasteiger partial charge < -0.3 is 10.3 Å². The lowest BCUT2D eigenvalue weighted by molar-refractivity contribution is 1.20. The number of fused-ring (bicyclic) bond motifs is 1. The van der Waals surface area contributed by atoms with Crippen LogP contribution in [0.5, 0.6) is 0 Å². The van der Waals surface area contributed by atoms with Gasteiger partial charge in [0.05, 0.1) is 6.33 Å². The number of aromatic nitrogens is 4. The monoisotopic (exact) mass is 259 g/mol. The number of benzene rings is 1. The van der Waals surface area contributed by atoms with Crippen LogP contribution in [0.25, 0.3) is 11.2 Å². The van der Waals surface area contributed by atoms with Gasteiger partial charge in [0.2, 0.25) is 5.28 Å². The van der Waals surface area contributed by atoms with E-state index < -0.39 is 0 Å². The Labute approximate surface area is 108 Å². The maximum absolute atomic E-state index is 5.86. The lowest BCUT2D eigenvalue weighted by Gasteiger charge is -2.06. The molecule has 2 N–H and O–H groups in total. The van der Waals surface area contributed by atoms with E-state index in [9.17, 15) is 0 Å². The molecule has 18 heavy (non-hydrogen) atoms. The van der Waals surface area contributed by atoms with Gasteiger partial charge in [-0.05, 0) is 30.7 Å². The molecule has 1 aromatic carbocycles. The maximum atomic E-state index is 5.86. The first-order valence-electron chi connectivity index (χ1n) is 5.43. The van der Waals surface area contributed by atoms with Crippen molar-refractivity contribution >= 4 is 34.3 Å². The molecule has 2 aromatic heterocycles. The number of halogens is 1. The number of hydrogen-bond donors (Lipinski definition) is 2. The van der Waals surface area contributed by atoms with Crippen LogP contribution >= 0.6 is 11.6 Å². The average molecular weight is 260 g/mol. The van der Waals surface area contributed by atoms with Gasteiger partial charge in [0.15, 0.2) is 11.5 Å². The minimum atomic E-state index is 0.171. The highest BCUT2D eigenvalue weighted by molar-refractivity contribution is 6.28. The zero-order chi connectivity index (χ0) is 12.5. The highest BCUT2D eigenvalue weighted by atomic mass is 35.5. The van der Waals surface area contributed by atoms with Crippen molar-refractivity contribution in [3.63, 3.8) is 0 Å². The number of hydrogen-bond acceptors (Lipinski definition) is 4. The van der Waals surface area contributed by atoms with E-state index in [1.54, 1.807) is 6.33 Å². The zero-order valence-corrected chi connectivity index (χ0v) is 10.4. The van der Waals surface area contributed by atoms with Gasteiger partial charge >= 0.3 is 0 Å². The van der Waals surface area contributed by atoms with Crippen LogP contribution in [0.3, 0.4) is 0 Å². The number of aromatic amines is 1. The summed E-state index contributed by atoms with van der Waals surface area (Å²) in [5.41, 5.74) is 3.42. The third kappa shape index (κ3) is 2.00. The summed E-state index contributed by atoms with van der Waals surface area (Å²) >= 11 is 5.86. The summed E-state index contributed by atoms with van der Waals surface area (Å²) in [5.74, 6) is 0.617. The van der Waals surface area contributed by atoms with Gasteiger partial charge in [0.1, 0.15) is 5.52 Å². The van der Waals surface area contributed by atoms with Crippen LogP contribution < -0.4 is 5.32 Å². The van der Waals surface area contributed by atoms with E-state index in [1.807, 2.05) is 31.2 Å². The van der Waals surface area contributed by atoms with Crippen molar-refractivity contribution in [1.29, 1.82) is 0 Å². The Morgan fingerprint density at radius 2 is 1.94 bits per heavy atom. The quantitative estimate of drug-likeness (QED) is 0.694. The number of H-pyrrole nitrogens is 1. The third-order valence-electron chi connectivity index (χ3n) is 2.57. The Morgan fingerprint density at radius 3 is 2.72 bits per heavy atom. The fraction of sp³-hybridized carbons (Fsp3) is 0.0833. The maximum Gasteiger partial charge on any atom is 0.226 e. The molecular weight excluding hydrogens is 250 g/mol. The van der Waals surface area contributed by atoms with Gasteiger partial charge in [-0.3, -0.25) is 0 Å². The van der Waals surface area contributed by atoms with E-state index in [1.165, 1.54) is 5.56 Å². The largest absolute Gasteiger partial charge is 0.340 e. The van der Waals surface area contributed by atoms with Gasteiger partial charge in [0.25, 0.3) is 0 Å². The fourth-order valence-corrected chi connectivity index (χ4v) is 1.84. The Kier molecular flexibility index (Phi) is 2.60. The highest BCUT2D eigenvalue weighted by Gasteiger charge is 2.08. The van der Waals surface area contributed by atoms with Crippen molar-refractivity contribution in [2.45, 2.75) is 6.92 Å². The summed E-state index contributed by atoms with van der Waals surface area (Å²) in [6.45, 7) is 2.04. The summed E-state index contributed by atoms with van der Waals surface area (Å²) < 4.78 is 0. The zero-order valence-electron chi connectivity index (χ0n) is 9.61. The molecule has 90 valence electrons. The molecule has 0 aliphatic heterocycles. The first-order chi connectivity index (χ1) is 8.72. The number of nitrogens with one attached hydrogen (secondary N) is 2. The van der Waals surface area contributed by atoms with Gasteiger partial charge in [-0.2, -0.15) is 9.97 Å². The minimum absolute atomic E-state index is 0.171. The summed E-state index contributed by atoms with van der Waals surface area (Å²) in [4.78, 5) is 15.2. The van der Waals surface area contributed by atoms with Crippen LogP contribution in [0.2, 0.25) is 5.28 Å². The van der Waals surface area contributed by atoms with Gasteiger partial charge in [-0.25, -0.2) is 4.98 Å². The molecule has 0 amide bonds. The Hall–Kier alpha value is -2.14. The van der Waals surface area contributed by atoms with Gasteiger partial charge in [0, 0.05) is 5.69 Å². The normalized spacial score (nSPS) is 10.8. The first kappa shape index (κ1) is 11.0. The van der Waals surface area contributed by atoms with E-state index in [0.717, 1.165) is 11.2 Å². The molecule has 0 saturated carbocycles.